The zero-order valence-electron chi connectivity index (χ0n) is 12.6. The quantitative estimate of drug-likeness (QED) is 0.771. The predicted octanol–water partition coefficient (Wildman–Crippen LogP) is 3.31. The van der Waals surface area contributed by atoms with Gasteiger partial charge in [0.1, 0.15) is 0 Å². The Balaban J connectivity index is 1.73. The summed E-state index contributed by atoms with van der Waals surface area (Å²) in [5.41, 5.74) is 0. The Morgan fingerprint density at radius 1 is 1.47 bits per heavy atom. The lowest BCUT2D eigenvalue weighted by Crippen LogP contribution is -2.34. The number of nitrogens with one attached hydrogen (secondary N) is 1. The fraction of sp³-hybridized carbons (Fsp3) is 0.750. The number of thiophene rings is 1. The van der Waals surface area contributed by atoms with Gasteiger partial charge in [0.25, 0.3) is 0 Å². The maximum absolute atomic E-state index is 3.56. The molecule has 1 N–H and O–H groups in total. The van der Waals surface area contributed by atoms with E-state index in [2.05, 4.69) is 43.1 Å². The first-order chi connectivity index (χ1) is 9.19. The van der Waals surface area contributed by atoms with Crippen LogP contribution in [0.4, 0.5) is 0 Å². The average molecular weight is 280 g/mol. The SMILES string of the molecule is CCCNCC1CCN(C(C)Cc2ccc(C)s2)C1. The smallest absolute Gasteiger partial charge is 0.0115 e. The number of aryl methyl sites for hydroxylation is 1. The Kier molecular flexibility index (Phi) is 5.86. The molecule has 0 aromatic carbocycles. The summed E-state index contributed by atoms with van der Waals surface area (Å²) in [6.45, 7) is 11.8. The number of nitrogens with zero attached hydrogens (tertiary/aromatic N) is 1. The van der Waals surface area contributed by atoms with Crippen LogP contribution in [0.2, 0.25) is 0 Å². The Morgan fingerprint density at radius 3 is 3.00 bits per heavy atom. The van der Waals surface area contributed by atoms with Gasteiger partial charge < -0.3 is 5.32 Å². The Bertz CT molecular complexity index is 375. The van der Waals surface area contributed by atoms with Crippen molar-refractivity contribution < 1.29 is 0 Å². The lowest BCUT2D eigenvalue weighted by molar-refractivity contribution is 0.248. The molecule has 1 aromatic heterocycles. The number of likely N-dealkylation sites (tertiary alicyclic amines) is 1. The Labute approximate surface area is 122 Å². The van der Waals surface area contributed by atoms with Crippen molar-refractivity contribution in [2.24, 2.45) is 5.92 Å². The molecule has 19 heavy (non-hydrogen) atoms. The molecule has 0 radical (unpaired) electrons. The van der Waals surface area contributed by atoms with E-state index in [-0.39, 0.29) is 0 Å². The van der Waals surface area contributed by atoms with Crippen molar-refractivity contribution in [1.82, 2.24) is 10.2 Å². The van der Waals surface area contributed by atoms with E-state index in [0.717, 1.165) is 5.92 Å². The summed E-state index contributed by atoms with van der Waals surface area (Å²) in [7, 11) is 0. The highest BCUT2D eigenvalue weighted by molar-refractivity contribution is 7.11. The minimum atomic E-state index is 0.689. The van der Waals surface area contributed by atoms with E-state index >= 15 is 0 Å². The molecule has 3 heteroatoms. The predicted molar refractivity (Wildman–Crippen MR) is 85.1 cm³/mol. The fourth-order valence-electron chi connectivity index (χ4n) is 2.93. The van der Waals surface area contributed by atoms with Crippen LogP contribution in [0.1, 0.15) is 36.4 Å². The van der Waals surface area contributed by atoms with Crippen LogP contribution in [0.15, 0.2) is 12.1 Å². The summed E-state index contributed by atoms with van der Waals surface area (Å²) in [5.74, 6) is 0.860. The summed E-state index contributed by atoms with van der Waals surface area (Å²) >= 11 is 1.95. The van der Waals surface area contributed by atoms with Crippen LogP contribution < -0.4 is 5.32 Å². The molecule has 2 atom stereocenters. The van der Waals surface area contributed by atoms with Crippen molar-refractivity contribution in [3.8, 4) is 0 Å². The number of rotatable bonds is 7. The molecule has 1 aliphatic rings. The standard InChI is InChI=1S/C16H28N2S/c1-4-8-17-11-15-7-9-18(12-15)13(2)10-16-6-5-14(3)19-16/h5-6,13,15,17H,4,7-12H2,1-3H3. The summed E-state index contributed by atoms with van der Waals surface area (Å²) in [6.07, 6.45) is 3.82. The monoisotopic (exact) mass is 280 g/mol. The van der Waals surface area contributed by atoms with Crippen molar-refractivity contribution in [3.05, 3.63) is 21.9 Å². The molecule has 1 aromatic rings. The van der Waals surface area contributed by atoms with Crippen molar-refractivity contribution in [1.29, 1.82) is 0 Å². The molecule has 2 unspecified atom stereocenters. The second-order valence-corrected chi connectivity index (χ2v) is 7.29. The van der Waals surface area contributed by atoms with E-state index in [4.69, 9.17) is 0 Å². The molecule has 2 rings (SSSR count). The fourth-order valence-corrected chi connectivity index (χ4v) is 3.94. The summed E-state index contributed by atoms with van der Waals surface area (Å²) in [6, 6.07) is 5.23. The van der Waals surface area contributed by atoms with E-state index in [1.165, 1.54) is 55.2 Å². The first kappa shape index (κ1) is 15.0. The van der Waals surface area contributed by atoms with Crippen molar-refractivity contribution >= 4 is 11.3 Å². The van der Waals surface area contributed by atoms with E-state index in [1.54, 1.807) is 0 Å². The molecule has 2 heterocycles. The molecule has 0 bridgehead atoms. The second-order valence-electron chi connectivity index (χ2n) is 5.92. The van der Waals surface area contributed by atoms with Gasteiger partial charge in [0.05, 0.1) is 0 Å². The van der Waals surface area contributed by atoms with Crippen LogP contribution in [0.25, 0.3) is 0 Å². The number of hydrogen-bond donors (Lipinski definition) is 1. The maximum Gasteiger partial charge on any atom is 0.0115 e. The molecule has 2 nitrogen and oxygen atoms in total. The van der Waals surface area contributed by atoms with Gasteiger partial charge in [-0.25, -0.2) is 0 Å². The van der Waals surface area contributed by atoms with Gasteiger partial charge in [-0.1, -0.05) is 6.92 Å². The van der Waals surface area contributed by atoms with Gasteiger partial charge in [-0.2, -0.15) is 0 Å². The highest BCUT2D eigenvalue weighted by Gasteiger charge is 2.25. The van der Waals surface area contributed by atoms with E-state index in [1.807, 2.05) is 11.3 Å². The lowest BCUT2D eigenvalue weighted by atomic mass is 10.1. The first-order valence-corrected chi connectivity index (χ1v) is 8.50. The van der Waals surface area contributed by atoms with Crippen LogP contribution in [0.3, 0.4) is 0 Å². The third-order valence-electron chi connectivity index (χ3n) is 4.09. The zero-order chi connectivity index (χ0) is 13.7. The molecule has 1 saturated heterocycles. The van der Waals surface area contributed by atoms with Gasteiger partial charge in [0.2, 0.25) is 0 Å². The third kappa shape index (κ3) is 4.59. The van der Waals surface area contributed by atoms with E-state index in [0.29, 0.717) is 6.04 Å². The van der Waals surface area contributed by atoms with Gasteiger partial charge in [-0.3, -0.25) is 4.90 Å². The average Bonchev–Trinajstić information content (AvgIpc) is 2.99. The zero-order valence-corrected chi connectivity index (χ0v) is 13.4. The summed E-state index contributed by atoms with van der Waals surface area (Å²) in [5, 5.41) is 3.56. The molecule has 0 aliphatic carbocycles. The largest absolute Gasteiger partial charge is 0.316 e. The molecule has 0 amide bonds. The van der Waals surface area contributed by atoms with Crippen molar-refractivity contribution in [2.75, 3.05) is 26.2 Å². The van der Waals surface area contributed by atoms with Crippen LogP contribution >= 0.6 is 11.3 Å². The van der Waals surface area contributed by atoms with E-state index < -0.39 is 0 Å². The van der Waals surface area contributed by atoms with Crippen molar-refractivity contribution in [2.45, 2.75) is 46.1 Å². The topological polar surface area (TPSA) is 15.3 Å². The summed E-state index contributed by atoms with van der Waals surface area (Å²) in [4.78, 5) is 5.65. The van der Waals surface area contributed by atoms with Crippen LogP contribution in [-0.4, -0.2) is 37.1 Å². The molecular formula is C16H28N2S. The van der Waals surface area contributed by atoms with Gasteiger partial charge >= 0.3 is 0 Å². The molecule has 0 spiro atoms. The highest BCUT2D eigenvalue weighted by Crippen LogP contribution is 2.23. The maximum atomic E-state index is 3.56. The Hall–Kier alpha value is -0.380. The van der Waals surface area contributed by atoms with Crippen LogP contribution in [0, 0.1) is 12.8 Å². The van der Waals surface area contributed by atoms with Gasteiger partial charge in [0.15, 0.2) is 0 Å². The number of hydrogen-bond acceptors (Lipinski definition) is 3. The lowest BCUT2D eigenvalue weighted by Gasteiger charge is -2.24. The van der Waals surface area contributed by atoms with E-state index in [9.17, 15) is 0 Å². The van der Waals surface area contributed by atoms with Gasteiger partial charge in [0, 0.05) is 22.3 Å². The van der Waals surface area contributed by atoms with Crippen molar-refractivity contribution in [3.63, 3.8) is 0 Å². The molecule has 108 valence electrons. The highest BCUT2D eigenvalue weighted by atomic mass is 32.1. The van der Waals surface area contributed by atoms with Gasteiger partial charge in [-0.15, -0.1) is 11.3 Å². The molecular weight excluding hydrogens is 252 g/mol. The molecule has 0 saturated carbocycles. The third-order valence-corrected chi connectivity index (χ3v) is 5.12. The van der Waals surface area contributed by atoms with Gasteiger partial charge in [-0.05, 0) is 70.8 Å². The van der Waals surface area contributed by atoms with Crippen LogP contribution in [-0.2, 0) is 6.42 Å². The van der Waals surface area contributed by atoms with Crippen LogP contribution in [0.5, 0.6) is 0 Å². The minimum absolute atomic E-state index is 0.689. The minimum Gasteiger partial charge on any atom is -0.316 e. The molecule has 1 aliphatic heterocycles. The summed E-state index contributed by atoms with van der Waals surface area (Å²) < 4.78 is 0. The Morgan fingerprint density at radius 2 is 2.32 bits per heavy atom. The second kappa shape index (κ2) is 7.41. The first-order valence-electron chi connectivity index (χ1n) is 7.69. The molecule has 1 fully saturated rings. The normalized spacial score (nSPS) is 21.9.